The highest BCUT2D eigenvalue weighted by atomic mass is 35.5. The van der Waals surface area contributed by atoms with Gasteiger partial charge in [0, 0.05) is 10.6 Å². The first-order valence-electron chi connectivity index (χ1n) is 6.65. The van der Waals surface area contributed by atoms with Crippen LogP contribution in [0, 0.1) is 0 Å². The largest absolute Gasteiger partial charge is 0.497 e. The predicted molar refractivity (Wildman–Crippen MR) is 84.9 cm³/mol. The standard InChI is InChI=1S/C17H18ClNO2/c1-17(2,13-6-8-14(18)9-7-13)19-16(20)12-4-10-15(21-3)11-5-12/h4-11H,1-3H3,(H,19,20). The quantitative estimate of drug-likeness (QED) is 0.926. The molecule has 110 valence electrons. The summed E-state index contributed by atoms with van der Waals surface area (Å²) in [5.41, 5.74) is 1.10. The van der Waals surface area contributed by atoms with Gasteiger partial charge in [-0.1, -0.05) is 23.7 Å². The number of carbonyl (C=O) groups is 1. The molecular formula is C17H18ClNO2. The maximum atomic E-state index is 12.3. The number of amides is 1. The molecule has 0 unspecified atom stereocenters. The fourth-order valence-electron chi connectivity index (χ4n) is 2.04. The molecule has 2 aromatic rings. The molecule has 0 saturated carbocycles. The molecule has 0 aliphatic carbocycles. The Morgan fingerprint density at radius 1 is 1.05 bits per heavy atom. The molecule has 0 saturated heterocycles. The van der Waals surface area contributed by atoms with Gasteiger partial charge < -0.3 is 10.1 Å². The molecule has 0 aliphatic heterocycles. The van der Waals surface area contributed by atoms with Gasteiger partial charge in [-0.2, -0.15) is 0 Å². The smallest absolute Gasteiger partial charge is 0.251 e. The van der Waals surface area contributed by atoms with Crippen LogP contribution in [0.2, 0.25) is 5.02 Å². The molecule has 0 bridgehead atoms. The lowest BCUT2D eigenvalue weighted by molar-refractivity contribution is 0.0912. The Bertz CT molecular complexity index is 618. The zero-order valence-electron chi connectivity index (χ0n) is 12.3. The monoisotopic (exact) mass is 303 g/mol. The SMILES string of the molecule is COc1ccc(C(=O)NC(C)(C)c2ccc(Cl)cc2)cc1. The third kappa shape index (κ3) is 3.76. The van der Waals surface area contributed by atoms with Crippen LogP contribution in [0.3, 0.4) is 0 Å². The topological polar surface area (TPSA) is 38.3 Å². The van der Waals surface area contributed by atoms with Gasteiger partial charge in [-0.3, -0.25) is 4.79 Å². The van der Waals surface area contributed by atoms with E-state index < -0.39 is 5.54 Å². The van der Waals surface area contributed by atoms with Crippen LogP contribution in [0.25, 0.3) is 0 Å². The molecular weight excluding hydrogens is 286 g/mol. The first-order chi connectivity index (χ1) is 9.92. The van der Waals surface area contributed by atoms with Crippen LogP contribution < -0.4 is 10.1 Å². The lowest BCUT2D eigenvalue weighted by atomic mass is 9.94. The van der Waals surface area contributed by atoms with Crippen LogP contribution in [0.15, 0.2) is 48.5 Å². The first-order valence-corrected chi connectivity index (χ1v) is 7.03. The second kappa shape index (κ2) is 6.19. The number of hydrogen-bond donors (Lipinski definition) is 1. The van der Waals surface area contributed by atoms with Crippen LogP contribution in [-0.4, -0.2) is 13.0 Å². The summed E-state index contributed by atoms with van der Waals surface area (Å²) in [7, 11) is 1.60. The van der Waals surface area contributed by atoms with E-state index in [2.05, 4.69) is 5.32 Å². The number of benzene rings is 2. The van der Waals surface area contributed by atoms with Crippen molar-refractivity contribution in [3.8, 4) is 5.75 Å². The summed E-state index contributed by atoms with van der Waals surface area (Å²) in [5.74, 6) is 0.598. The Labute approximate surface area is 129 Å². The molecule has 0 heterocycles. The number of rotatable bonds is 4. The van der Waals surface area contributed by atoms with Gasteiger partial charge >= 0.3 is 0 Å². The van der Waals surface area contributed by atoms with E-state index in [4.69, 9.17) is 16.3 Å². The number of halogens is 1. The summed E-state index contributed by atoms with van der Waals surface area (Å²) in [6.45, 7) is 3.91. The second-order valence-corrected chi connectivity index (χ2v) is 5.75. The molecule has 0 spiro atoms. The van der Waals surface area contributed by atoms with Crippen molar-refractivity contribution in [2.75, 3.05) is 7.11 Å². The van der Waals surface area contributed by atoms with Crippen LogP contribution in [0.1, 0.15) is 29.8 Å². The minimum Gasteiger partial charge on any atom is -0.497 e. The van der Waals surface area contributed by atoms with Crippen molar-refractivity contribution in [1.82, 2.24) is 5.32 Å². The van der Waals surface area contributed by atoms with E-state index in [0.29, 0.717) is 10.6 Å². The molecule has 1 amide bonds. The highest BCUT2D eigenvalue weighted by Crippen LogP contribution is 2.22. The van der Waals surface area contributed by atoms with E-state index in [0.717, 1.165) is 11.3 Å². The Morgan fingerprint density at radius 3 is 2.14 bits per heavy atom. The highest BCUT2D eigenvalue weighted by molar-refractivity contribution is 6.30. The van der Waals surface area contributed by atoms with Crippen LogP contribution >= 0.6 is 11.6 Å². The maximum absolute atomic E-state index is 12.3. The molecule has 2 rings (SSSR count). The third-order valence-electron chi connectivity index (χ3n) is 3.34. The van der Waals surface area contributed by atoms with Gasteiger partial charge in [0.05, 0.1) is 12.6 Å². The number of hydrogen-bond acceptors (Lipinski definition) is 2. The Kier molecular flexibility index (Phi) is 4.53. The summed E-state index contributed by atoms with van der Waals surface area (Å²) < 4.78 is 5.09. The molecule has 21 heavy (non-hydrogen) atoms. The van der Waals surface area contributed by atoms with Crippen molar-refractivity contribution in [3.63, 3.8) is 0 Å². The number of methoxy groups -OCH3 is 1. The van der Waals surface area contributed by atoms with Crippen molar-refractivity contribution in [3.05, 3.63) is 64.7 Å². The van der Waals surface area contributed by atoms with Gasteiger partial charge in [0.15, 0.2) is 0 Å². The van der Waals surface area contributed by atoms with Gasteiger partial charge in [-0.15, -0.1) is 0 Å². The Hall–Kier alpha value is -2.00. The predicted octanol–water partition coefficient (Wildman–Crippen LogP) is 4.01. The van der Waals surface area contributed by atoms with E-state index in [1.807, 2.05) is 38.1 Å². The first kappa shape index (κ1) is 15.4. The zero-order chi connectivity index (χ0) is 15.5. The molecule has 0 fully saturated rings. The van der Waals surface area contributed by atoms with Crippen LogP contribution in [-0.2, 0) is 5.54 Å². The van der Waals surface area contributed by atoms with Gasteiger partial charge in [-0.05, 0) is 55.8 Å². The minimum atomic E-state index is -0.485. The minimum absolute atomic E-state index is 0.127. The molecule has 0 aliphatic rings. The fourth-order valence-corrected chi connectivity index (χ4v) is 2.16. The molecule has 3 nitrogen and oxygen atoms in total. The zero-order valence-corrected chi connectivity index (χ0v) is 13.1. The average molecular weight is 304 g/mol. The molecule has 4 heteroatoms. The number of nitrogens with one attached hydrogen (secondary N) is 1. The molecule has 0 aromatic heterocycles. The van der Waals surface area contributed by atoms with Crippen molar-refractivity contribution < 1.29 is 9.53 Å². The van der Waals surface area contributed by atoms with Crippen molar-refractivity contribution >= 4 is 17.5 Å². The van der Waals surface area contributed by atoms with E-state index in [9.17, 15) is 4.79 Å². The van der Waals surface area contributed by atoms with E-state index in [-0.39, 0.29) is 5.91 Å². The average Bonchev–Trinajstić information content (AvgIpc) is 2.47. The second-order valence-electron chi connectivity index (χ2n) is 5.31. The number of carbonyl (C=O) groups excluding carboxylic acids is 1. The van der Waals surface area contributed by atoms with Crippen LogP contribution in [0.4, 0.5) is 0 Å². The summed E-state index contributed by atoms with van der Waals surface area (Å²) in [6, 6.07) is 14.5. The molecule has 2 aromatic carbocycles. The van der Waals surface area contributed by atoms with Gasteiger partial charge in [0.25, 0.3) is 5.91 Å². The summed E-state index contributed by atoms with van der Waals surface area (Å²) in [5, 5.41) is 3.70. The summed E-state index contributed by atoms with van der Waals surface area (Å²) in [6.07, 6.45) is 0. The number of ether oxygens (including phenoxy) is 1. The Morgan fingerprint density at radius 2 is 1.62 bits per heavy atom. The van der Waals surface area contributed by atoms with Gasteiger partial charge in [0.1, 0.15) is 5.75 Å². The summed E-state index contributed by atoms with van der Waals surface area (Å²) >= 11 is 5.89. The van der Waals surface area contributed by atoms with Crippen molar-refractivity contribution in [2.45, 2.75) is 19.4 Å². The third-order valence-corrected chi connectivity index (χ3v) is 3.60. The van der Waals surface area contributed by atoms with Crippen LogP contribution in [0.5, 0.6) is 5.75 Å². The lowest BCUT2D eigenvalue weighted by Crippen LogP contribution is -2.40. The normalized spacial score (nSPS) is 11.0. The maximum Gasteiger partial charge on any atom is 0.251 e. The van der Waals surface area contributed by atoms with Crippen molar-refractivity contribution in [1.29, 1.82) is 0 Å². The Balaban J connectivity index is 2.14. The van der Waals surface area contributed by atoms with Crippen molar-refractivity contribution in [2.24, 2.45) is 0 Å². The van der Waals surface area contributed by atoms with E-state index >= 15 is 0 Å². The van der Waals surface area contributed by atoms with Gasteiger partial charge in [-0.25, -0.2) is 0 Å². The molecule has 1 N–H and O–H groups in total. The lowest BCUT2D eigenvalue weighted by Gasteiger charge is -2.27. The highest BCUT2D eigenvalue weighted by Gasteiger charge is 2.23. The van der Waals surface area contributed by atoms with E-state index in [1.54, 1.807) is 31.4 Å². The molecule has 0 atom stereocenters. The van der Waals surface area contributed by atoms with Gasteiger partial charge in [0.2, 0.25) is 0 Å². The molecule has 0 radical (unpaired) electrons. The fraction of sp³-hybridized carbons (Fsp3) is 0.235. The summed E-state index contributed by atoms with van der Waals surface area (Å²) in [4.78, 5) is 12.3. The van der Waals surface area contributed by atoms with E-state index in [1.165, 1.54) is 0 Å².